The van der Waals surface area contributed by atoms with Crippen molar-refractivity contribution in [3.63, 3.8) is 0 Å². The molecule has 2 heterocycles. The first-order valence-electron chi connectivity index (χ1n) is 17.1. The van der Waals surface area contributed by atoms with Crippen molar-refractivity contribution in [3.8, 4) is 11.1 Å². The minimum atomic E-state index is -0.869. The van der Waals surface area contributed by atoms with Crippen molar-refractivity contribution in [2.24, 2.45) is 17.8 Å². The van der Waals surface area contributed by atoms with Crippen molar-refractivity contribution in [2.75, 3.05) is 20.3 Å². The Kier molecular flexibility index (Phi) is 11.6. The number of thiophene rings is 1. The van der Waals surface area contributed by atoms with Gasteiger partial charge < -0.3 is 30.3 Å². The molecule has 266 valence electrons. The number of rotatable bonds is 14. The number of nitrogens with zero attached hydrogens (tertiary/aromatic N) is 1. The van der Waals surface area contributed by atoms with Crippen LogP contribution in [-0.2, 0) is 28.7 Å². The van der Waals surface area contributed by atoms with E-state index in [0.29, 0.717) is 6.42 Å². The van der Waals surface area contributed by atoms with Gasteiger partial charge in [-0.15, -0.1) is 11.3 Å². The van der Waals surface area contributed by atoms with Gasteiger partial charge >= 0.3 is 12.1 Å². The summed E-state index contributed by atoms with van der Waals surface area (Å²) in [5, 5.41) is 10.1. The summed E-state index contributed by atoms with van der Waals surface area (Å²) in [5.41, 5.74) is 4.47. The summed E-state index contributed by atoms with van der Waals surface area (Å²) in [7, 11) is 1.25. The molecule has 1 aliphatic carbocycles. The van der Waals surface area contributed by atoms with Crippen LogP contribution >= 0.6 is 11.3 Å². The predicted octanol–water partition coefficient (Wildman–Crippen LogP) is 5.02. The van der Waals surface area contributed by atoms with Crippen LogP contribution in [-0.4, -0.2) is 73.1 Å². The van der Waals surface area contributed by atoms with Gasteiger partial charge in [0.2, 0.25) is 17.7 Å². The zero-order chi connectivity index (χ0) is 36.1. The number of benzene rings is 2. The molecule has 1 aliphatic heterocycles. The molecule has 12 heteroatoms. The Hall–Kier alpha value is -4.71. The molecule has 0 bridgehead atoms. The Balaban J connectivity index is 1.26. The van der Waals surface area contributed by atoms with Crippen LogP contribution in [0.1, 0.15) is 69.0 Å². The molecule has 50 heavy (non-hydrogen) atoms. The minimum absolute atomic E-state index is 0.100. The van der Waals surface area contributed by atoms with Crippen LogP contribution in [0.15, 0.2) is 66.0 Å². The maximum absolute atomic E-state index is 14.0. The summed E-state index contributed by atoms with van der Waals surface area (Å²) in [5.74, 6) is -3.07. The van der Waals surface area contributed by atoms with Crippen molar-refractivity contribution in [1.82, 2.24) is 20.9 Å². The number of esters is 1. The molecular formula is C38H46N4O7S. The normalized spacial score (nSPS) is 18.9. The lowest BCUT2D eigenvalue weighted by Gasteiger charge is -2.53. The molecule has 1 fully saturated rings. The fourth-order valence-corrected chi connectivity index (χ4v) is 7.90. The number of β-lactam (4-membered cyclic amide) rings is 1. The quantitative estimate of drug-likeness (QED) is 0.158. The van der Waals surface area contributed by atoms with Gasteiger partial charge in [-0.05, 0) is 52.5 Å². The van der Waals surface area contributed by atoms with Gasteiger partial charge in [0.25, 0.3) is 0 Å². The number of nitrogens with one attached hydrogen (secondary N) is 3. The number of methoxy groups -OCH3 is 1. The first kappa shape index (κ1) is 36.6. The third-order valence-electron chi connectivity index (χ3n) is 9.85. The van der Waals surface area contributed by atoms with E-state index in [-0.39, 0.29) is 36.8 Å². The van der Waals surface area contributed by atoms with Crippen LogP contribution in [0.4, 0.5) is 4.79 Å². The zero-order valence-corrected chi connectivity index (χ0v) is 30.1. The predicted molar refractivity (Wildman–Crippen MR) is 190 cm³/mol. The molecule has 1 aromatic heterocycles. The van der Waals surface area contributed by atoms with E-state index >= 15 is 0 Å². The van der Waals surface area contributed by atoms with Gasteiger partial charge in [-0.3, -0.25) is 14.4 Å². The number of amides is 4. The number of fused-ring (bicyclic) bond motifs is 3. The van der Waals surface area contributed by atoms with Crippen molar-refractivity contribution in [3.05, 3.63) is 82.0 Å². The SMILES string of the molecule is CC[C@H](C)[C@@H](C(=O)NCC(=O)N[C@H](C(=O)OC)C(C)C)N1C(=O)[C@@H]([C@H](C)NC(=O)OCC2c3ccccc3-c3ccccc32)[C@@H]1c1cccs1. The topological polar surface area (TPSA) is 143 Å². The highest BCUT2D eigenvalue weighted by Crippen LogP contribution is 2.47. The average Bonchev–Trinajstić information content (AvgIpc) is 3.75. The molecule has 3 N–H and O–H groups in total. The lowest BCUT2D eigenvalue weighted by atomic mass is 9.77. The molecule has 11 nitrogen and oxygen atoms in total. The van der Waals surface area contributed by atoms with E-state index < -0.39 is 54.0 Å². The molecule has 2 aliphatic rings. The van der Waals surface area contributed by atoms with Gasteiger partial charge in [0.1, 0.15) is 18.7 Å². The first-order chi connectivity index (χ1) is 24.0. The fourth-order valence-electron chi connectivity index (χ4n) is 7.03. The summed E-state index contributed by atoms with van der Waals surface area (Å²) < 4.78 is 10.6. The highest BCUT2D eigenvalue weighted by molar-refractivity contribution is 7.10. The summed E-state index contributed by atoms with van der Waals surface area (Å²) in [6.07, 6.45) is -0.0225. The molecule has 0 unspecified atom stereocenters. The summed E-state index contributed by atoms with van der Waals surface area (Å²) in [6, 6.07) is 17.2. The minimum Gasteiger partial charge on any atom is -0.467 e. The van der Waals surface area contributed by atoms with Crippen molar-refractivity contribution in [1.29, 1.82) is 0 Å². The van der Waals surface area contributed by atoms with E-state index in [1.807, 2.05) is 55.6 Å². The standard InChI is InChI=1S/C38H46N4O7S/c1-7-22(4)33(35(44)39-19-30(43)41-32(21(2)3)37(46)48-6)42-34(29-17-12-18-50-29)31(36(42)45)23(5)40-38(47)49-20-28-26-15-10-8-13-24(26)25-14-9-11-16-27(25)28/h8-18,21-23,28,31-34H,7,19-20H2,1-6H3,(H,39,44)(H,40,47)(H,41,43)/t22-,23-,31-,32-,33-,34-/m0/s1. The highest BCUT2D eigenvalue weighted by Gasteiger charge is 2.56. The molecule has 0 radical (unpaired) electrons. The van der Waals surface area contributed by atoms with Gasteiger partial charge in [0.05, 0.1) is 25.6 Å². The van der Waals surface area contributed by atoms with Gasteiger partial charge in [-0.1, -0.05) is 88.7 Å². The first-order valence-corrected chi connectivity index (χ1v) is 18.0. The maximum atomic E-state index is 14.0. The van der Waals surface area contributed by atoms with E-state index in [0.717, 1.165) is 27.1 Å². The van der Waals surface area contributed by atoms with Crippen LogP contribution in [0, 0.1) is 17.8 Å². The van der Waals surface area contributed by atoms with E-state index in [4.69, 9.17) is 9.47 Å². The van der Waals surface area contributed by atoms with Crippen LogP contribution in [0.5, 0.6) is 0 Å². The summed E-state index contributed by atoms with van der Waals surface area (Å²) in [4.78, 5) is 68.3. The number of ether oxygens (including phenoxy) is 2. The lowest BCUT2D eigenvalue weighted by molar-refractivity contribution is -0.169. The van der Waals surface area contributed by atoms with Gasteiger partial charge in [0.15, 0.2) is 0 Å². The smallest absolute Gasteiger partial charge is 0.407 e. The lowest BCUT2D eigenvalue weighted by Crippen LogP contribution is -2.68. The number of alkyl carbamates (subject to hydrolysis) is 1. The van der Waals surface area contributed by atoms with Crippen LogP contribution in [0.25, 0.3) is 11.1 Å². The molecule has 3 aromatic rings. The summed E-state index contributed by atoms with van der Waals surface area (Å²) in [6.45, 7) is 8.93. The largest absolute Gasteiger partial charge is 0.467 e. The molecule has 0 saturated carbocycles. The number of hydrogen-bond acceptors (Lipinski definition) is 8. The van der Waals surface area contributed by atoms with Crippen LogP contribution in [0.3, 0.4) is 0 Å². The Morgan fingerprint density at radius 2 is 1.54 bits per heavy atom. The number of likely N-dealkylation sites (tertiary alicyclic amines) is 1. The highest BCUT2D eigenvalue weighted by atomic mass is 32.1. The maximum Gasteiger partial charge on any atom is 0.407 e. The fraction of sp³-hybridized carbons (Fsp3) is 0.447. The van der Waals surface area contributed by atoms with E-state index in [1.54, 1.807) is 25.7 Å². The monoisotopic (exact) mass is 702 g/mol. The van der Waals surface area contributed by atoms with Gasteiger partial charge in [-0.25, -0.2) is 9.59 Å². The molecule has 5 rings (SSSR count). The molecule has 4 amide bonds. The van der Waals surface area contributed by atoms with E-state index in [1.165, 1.54) is 18.4 Å². The third kappa shape index (κ3) is 7.40. The second kappa shape index (κ2) is 15.9. The van der Waals surface area contributed by atoms with Crippen molar-refractivity contribution in [2.45, 2.75) is 71.1 Å². The van der Waals surface area contributed by atoms with Crippen LogP contribution in [0.2, 0.25) is 0 Å². The Labute approximate surface area is 297 Å². The van der Waals surface area contributed by atoms with Crippen molar-refractivity contribution < 1.29 is 33.4 Å². The molecule has 1 saturated heterocycles. The Morgan fingerprint density at radius 3 is 2.10 bits per heavy atom. The second-order valence-electron chi connectivity index (χ2n) is 13.4. The van der Waals surface area contributed by atoms with Crippen LogP contribution < -0.4 is 16.0 Å². The molecule has 2 aromatic carbocycles. The van der Waals surface area contributed by atoms with E-state index in [2.05, 4.69) is 40.2 Å². The number of carbonyl (C=O) groups is 5. The second-order valence-corrected chi connectivity index (χ2v) is 14.3. The Morgan fingerprint density at radius 1 is 0.900 bits per heavy atom. The number of hydrogen-bond donors (Lipinski definition) is 3. The number of carbonyl (C=O) groups excluding carboxylic acids is 5. The average molecular weight is 703 g/mol. The van der Waals surface area contributed by atoms with Gasteiger partial charge in [-0.2, -0.15) is 0 Å². The van der Waals surface area contributed by atoms with Crippen molar-refractivity contribution >= 4 is 41.1 Å². The molecular weight excluding hydrogens is 657 g/mol. The molecule has 0 spiro atoms. The zero-order valence-electron chi connectivity index (χ0n) is 29.3. The summed E-state index contributed by atoms with van der Waals surface area (Å²) >= 11 is 1.47. The van der Waals surface area contributed by atoms with Gasteiger partial charge in [0, 0.05) is 16.8 Å². The van der Waals surface area contributed by atoms with E-state index in [9.17, 15) is 24.0 Å². The third-order valence-corrected chi connectivity index (χ3v) is 10.8. The Bertz CT molecular complexity index is 1660. The molecule has 6 atom stereocenters.